The molecule has 7 rings (SSSR count). The van der Waals surface area contributed by atoms with E-state index in [0.29, 0.717) is 0 Å². The highest BCUT2D eigenvalue weighted by molar-refractivity contribution is 7.90. The molecule has 202 valence electrons. The number of nitrogens with zero attached hydrogens (tertiary/aromatic N) is 3. The molecule has 39 heavy (non-hydrogen) atoms. The maximum Gasteiger partial charge on any atom is 0.307 e. The summed E-state index contributed by atoms with van der Waals surface area (Å²) in [5, 5.41) is 10.1. The number of hydrogen-bond acceptors (Lipinski definition) is 5. The first-order chi connectivity index (χ1) is 18.6. The van der Waals surface area contributed by atoms with Crippen LogP contribution in [0.1, 0.15) is 36.9 Å². The molecule has 1 aromatic carbocycles. The summed E-state index contributed by atoms with van der Waals surface area (Å²) in [6, 6.07) is 10.2. The Labute approximate surface area is 224 Å². The minimum absolute atomic E-state index is 0.0233. The van der Waals surface area contributed by atoms with E-state index < -0.39 is 33.5 Å². The van der Waals surface area contributed by atoms with Crippen molar-refractivity contribution >= 4 is 27.0 Å². The molecule has 0 amide bonds. The van der Waals surface area contributed by atoms with Crippen molar-refractivity contribution in [3.63, 3.8) is 0 Å². The van der Waals surface area contributed by atoms with Gasteiger partial charge in [-0.1, -0.05) is 17.7 Å². The first-order valence-corrected chi connectivity index (χ1v) is 14.4. The average Bonchev–Trinajstić information content (AvgIpc) is 3.30. The van der Waals surface area contributed by atoms with Crippen LogP contribution in [0.25, 0.3) is 22.3 Å². The summed E-state index contributed by atoms with van der Waals surface area (Å²) in [6.45, 7) is 1.85. The number of aliphatic carboxylic acids is 1. The van der Waals surface area contributed by atoms with Gasteiger partial charge < -0.3 is 5.11 Å². The van der Waals surface area contributed by atoms with Gasteiger partial charge >= 0.3 is 5.97 Å². The lowest BCUT2D eigenvalue weighted by atomic mass is 9.57. The number of aryl methyl sites for hydroxylation is 1. The minimum atomic E-state index is -4.08. The Morgan fingerprint density at radius 2 is 1.74 bits per heavy atom. The van der Waals surface area contributed by atoms with Gasteiger partial charge in [0.05, 0.1) is 28.4 Å². The summed E-state index contributed by atoms with van der Waals surface area (Å²) in [5.41, 5.74) is 1.59. The van der Waals surface area contributed by atoms with Crippen LogP contribution in [0.15, 0.2) is 59.8 Å². The second-order valence-electron chi connectivity index (χ2n) is 10.7. The Hall–Kier alpha value is -3.66. The predicted octanol–water partition coefficient (Wildman–Crippen LogP) is 5.60. The molecule has 0 saturated heterocycles. The Morgan fingerprint density at radius 3 is 2.44 bits per heavy atom. The molecule has 0 unspecified atom stereocenters. The zero-order valence-corrected chi connectivity index (χ0v) is 22.0. The van der Waals surface area contributed by atoms with Crippen LogP contribution in [-0.4, -0.2) is 33.4 Å². The number of benzene rings is 1. The Bertz CT molecular complexity index is 1690. The standard InChI is InChI=1S/C29H27F2N3O4S/c1-16-2-8-20(9-3-16)39(37,38)34-15-23(22-12-19(30)14-32-28(22)34)25-11-10-24(31)26(33-25)13-21-17-4-6-18(7-5-17)27(21)29(35)36/h2-3,8-12,14-15,17-18,21,27H,4-7,13H2,1H3,(H,35,36)/t17?,18?,21-,27+/m0/s1. The lowest BCUT2D eigenvalue weighted by Crippen LogP contribution is -2.45. The molecule has 7 nitrogen and oxygen atoms in total. The fourth-order valence-corrected chi connectivity index (χ4v) is 7.84. The van der Waals surface area contributed by atoms with E-state index >= 15 is 4.39 Å². The Kier molecular flexibility index (Phi) is 6.25. The number of carboxylic acid groups (broad SMARTS) is 1. The van der Waals surface area contributed by atoms with Gasteiger partial charge in [-0.2, -0.15) is 0 Å². The largest absolute Gasteiger partial charge is 0.481 e. The van der Waals surface area contributed by atoms with Crippen molar-refractivity contribution in [1.29, 1.82) is 0 Å². The molecule has 3 fully saturated rings. The minimum Gasteiger partial charge on any atom is -0.481 e. The number of carboxylic acids is 1. The molecule has 1 N–H and O–H groups in total. The third-order valence-electron chi connectivity index (χ3n) is 8.46. The first-order valence-electron chi connectivity index (χ1n) is 13.0. The highest BCUT2D eigenvalue weighted by atomic mass is 32.2. The van der Waals surface area contributed by atoms with Crippen molar-refractivity contribution in [2.24, 2.45) is 23.7 Å². The molecular formula is C29H27F2N3O4S. The van der Waals surface area contributed by atoms with Gasteiger partial charge in [-0.15, -0.1) is 0 Å². The normalized spacial score (nSPS) is 22.8. The highest BCUT2D eigenvalue weighted by Gasteiger charge is 2.47. The van der Waals surface area contributed by atoms with Crippen LogP contribution in [0.3, 0.4) is 0 Å². The number of carbonyl (C=O) groups is 1. The quantitative estimate of drug-likeness (QED) is 0.335. The molecular weight excluding hydrogens is 524 g/mol. The fraction of sp³-hybridized carbons (Fsp3) is 0.345. The SMILES string of the molecule is Cc1ccc(S(=O)(=O)n2cc(-c3ccc(F)c(C[C@H]4C5CCC(CC5)[C@H]4C(=O)O)n3)c3cc(F)cnc32)cc1. The topological polar surface area (TPSA) is 102 Å². The zero-order chi connectivity index (χ0) is 27.5. The molecule has 2 atom stereocenters. The number of hydrogen-bond donors (Lipinski definition) is 1. The summed E-state index contributed by atoms with van der Waals surface area (Å²) in [7, 11) is -4.08. The van der Waals surface area contributed by atoms with E-state index in [1.807, 2.05) is 6.92 Å². The molecule has 3 aliphatic rings. The van der Waals surface area contributed by atoms with Crippen LogP contribution in [-0.2, 0) is 21.2 Å². The van der Waals surface area contributed by atoms with E-state index in [4.69, 9.17) is 0 Å². The van der Waals surface area contributed by atoms with Crippen molar-refractivity contribution in [2.75, 3.05) is 0 Å². The summed E-state index contributed by atoms with van der Waals surface area (Å²) in [5.74, 6) is -2.54. The fourth-order valence-electron chi connectivity index (χ4n) is 6.52. The van der Waals surface area contributed by atoms with Gasteiger partial charge in [-0.3, -0.25) is 4.79 Å². The van der Waals surface area contributed by atoms with Crippen molar-refractivity contribution in [3.05, 3.63) is 77.8 Å². The molecule has 2 bridgehead atoms. The van der Waals surface area contributed by atoms with Gasteiger partial charge in [0.25, 0.3) is 10.0 Å². The van der Waals surface area contributed by atoms with Gasteiger partial charge in [0.15, 0.2) is 5.65 Å². The van der Waals surface area contributed by atoms with Crippen LogP contribution in [0.5, 0.6) is 0 Å². The van der Waals surface area contributed by atoms with Crippen LogP contribution in [0.4, 0.5) is 8.78 Å². The maximum absolute atomic E-state index is 15.1. The third kappa shape index (κ3) is 4.40. The number of rotatable bonds is 6. The van der Waals surface area contributed by atoms with Crippen molar-refractivity contribution in [2.45, 2.75) is 43.9 Å². The van der Waals surface area contributed by atoms with Crippen molar-refractivity contribution in [1.82, 2.24) is 13.9 Å². The molecule has 4 aromatic rings. The van der Waals surface area contributed by atoms with Crippen LogP contribution >= 0.6 is 0 Å². The summed E-state index contributed by atoms with van der Waals surface area (Å²) in [4.78, 5) is 20.8. The van der Waals surface area contributed by atoms with Crippen molar-refractivity contribution < 1.29 is 27.1 Å². The molecule has 3 aromatic heterocycles. The van der Waals surface area contributed by atoms with Gasteiger partial charge in [0.1, 0.15) is 11.6 Å². The van der Waals surface area contributed by atoms with Gasteiger partial charge in [-0.05, 0) is 87.1 Å². The Balaban J connectivity index is 1.44. The molecule has 0 radical (unpaired) electrons. The van der Waals surface area contributed by atoms with Crippen LogP contribution in [0, 0.1) is 42.2 Å². The molecule has 3 aliphatic carbocycles. The van der Waals surface area contributed by atoms with Crippen LogP contribution in [0.2, 0.25) is 0 Å². The van der Waals surface area contributed by atoms with E-state index in [-0.39, 0.29) is 57.1 Å². The van der Waals surface area contributed by atoms with Crippen LogP contribution < -0.4 is 0 Å². The van der Waals surface area contributed by atoms with Gasteiger partial charge in [0, 0.05) is 17.1 Å². The average molecular weight is 552 g/mol. The van der Waals surface area contributed by atoms with Crippen molar-refractivity contribution in [3.8, 4) is 11.3 Å². The molecule has 0 spiro atoms. The Morgan fingerprint density at radius 1 is 1.05 bits per heavy atom. The first kappa shape index (κ1) is 25.6. The second-order valence-corrected chi connectivity index (χ2v) is 12.5. The molecule has 10 heteroatoms. The smallest absolute Gasteiger partial charge is 0.307 e. The molecule has 0 aliphatic heterocycles. The zero-order valence-electron chi connectivity index (χ0n) is 21.2. The lowest BCUT2D eigenvalue weighted by molar-refractivity contribution is -0.152. The monoisotopic (exact) mass is 551 g/mol. The molecule has 3 saturated carbocycles. The number of pyridine rings is 2. The van der Waals surface area contributed by atoms with E-state index in [1.165, 1.54) is 36.5 Å². The highest BCUT2D eigenvalue weighted by Crippen LogP contribution is 2.50. The lowest BCUT2D eigenvalue weighted by Gasteiger charge is -2.46. The van der Waals surface area contributed by atoms with E-state index in [9.17, 15) is 22.7 Å². The van der Waals surface area contributed by atoms with E-state index in [1.54, 1.807) is 12.1 Å². The second kappa shape index (κ2) is 9.51. The van der Waals surface area contributed by atoms with Gasteiger partial charge in [0.2, 0.25) is 0 Å². The summed E-state index contributed by atoms with van der Waals surface area (Å²) < 4.78 is 57.4. The predicted molar refractivity (Wildman–Crippen MR) is 140 cm³/mol. The molecule has 3 heterocycles. The third-order valence-corrected chi connectivity index (χ3v) is 10.1. The maximum atomic E-state index is 15.1. The number of halogens is 2. The van der Waals surface area contributed by atoms with E-state index in [2.05, 4.69) is 9.97 Å². The number of aromatic nitrogens is 3. The van der Waals surface area contributed by atoms with E-state index in [0.717, 1.165) is 41.4 Å². The number of fused-ring (bicyclic) bond motifs is 4. The summed E-state index contributed by atoms with van der Waals surface area (Å²) >= 11 is 0. The summed E-state index contributed by atoms with van der Waals surface area (Å²) in [6.07, 6.45) is 6.05. The van der Waals surface area contributed by atoms with Gasteiger partial charge in [-0.25, -0.2) is 31.1 Å².